The lowest BCUT2D eigenvalue weighted by Crippen LogP contribution is -2.13. The summed E-state index contributed by atoms with van der Waals surface area (Å²) >= 11 is 0. The summed E-state index contributed by atoms with van der Waals surface area (Å²) in [5.74, 6) is 1.80. The molecule has 9 heteroatoms. The Hall–Kier alpha value is -3.98. The number of ether oxygens (including phenoxy) is 2. The van der Waals surface area contributed by atoms with Gasteiger partial charge in [-0.15, -0.1) is 0 Å². The zero-order valence-corrected chi connectivity index (χ0v) is 19.5. The molecule has 0 aliphatic rings. The maximum atomic E-state index is 12.2. The number of anilines is 3. The number of hydrogen-bond donors (Lipinski definition) is 3. The maximum Gasteiger partial charge on any atom is 0.224 e. The minimum atomic E-state index is -0.0213. The van der Waals surface area contributed by atoms with Crippen LogP contribution in [0.1, 0.15) is 20.3 Å². The van der Waals surface area contributed by atoms with E-state index in [9.17, 15) is 4.79 Å². The number of hydrogen-bond acceptors (Lipinski definition) is 7. The summed E-state index contributed by atoms with van der Waals surface area (Å²) in [5, 5.41) is 14.3. The van der Waals surface area contributed by atoms with Gasteiger partial charge in [-0.3, -0.25) is 9.89 Å². The zero-order chi connectivity index (χ0) is 23.9. The average molecular weight is 461 g/mol. The molecular weight excluding hydrogens is 432 g/mol. The molecule has 0 fully saturated rings. The van der Waals surface area contributed by atoms with E-state index >= 15 is 0 Å². The van der Waals surface area contributed by atoms with Gasteiger partial charge >= 0.3 is 0 Å². The Morgan fingerprint density at radius 1 is 1.09 bits per heavy atom. The number of nitrogens with one attached hydrogen (secondary N) is 3. The van der Waals surface area contributed by atoms with Crippen molar-refractivity contribution in [1.82, 2.24) is 20.2 Å². The van der Waals surface area contributed by atoms with E-state index in [0.717, 1.165) is 22.2 Å². The third-order valence-corrected chi connectivity index (χ3v) is 5.00. The molecule has 0 saturated heterocycles. The predicted octanol–water partition coefficient (Wildman–Crippen LogP) is 4.77. The van der Waals surface area contributed by atoms with Crippen LogP contribution in [0.2, 0.25) is 0 Å². The summed E-state index contributed by atoms with van der Waals surface area (Å²) < 4.78 is 10.9. The van der Waals surface area contributed by atoms with Crippen molar-refractivity contribution < 1.29 is 14.3 Å². The third kappa shape index (κ3) is 5.87. The molecule has 0 aliphatic carbocycles. The third-order valence-electron chi connectivity index (χ3n) is 5.00. The van der Waals surface area contributed by atoms with Crippen molar-refractivity contribution in [3.63, 3.8) is 0 Å². The average Bonchev–Trinajstić information content (AvgIpc) is 3.28. The van der Waals surface area contributed by atoms with E-state index in [4.69, 9.17) is 14.5 Å². The van der Waals surface area contributed by atoms with Crippen LogP contribution in [0.15, 0.2) is 54.9 Å². The fraction of sp³-hybridized carbons (Fsp3) is 0.280. The molecule has 0 bridgehead atoms. The molecule has 0 aliphatic heterocycles. The number of amides is 1. The van der Waals surface area contributed by atoms with Crippen LogP contribution in [0, 0.1) is 5.92 Å². The second kappa shape index (κ2) is 10.8. The van der Waals surface area contributed by atoms with Gasteiger partial charge in [0.25, 0.3) is 0 Å². The molecular formula is C25H28N6O3. The van der Waals surface area contributed by atoms with Crippen molar-refractivity contribution in [2.75, 3.05) is 31.0 Å². The number of carbonyl (C=O) groups is 1. The molecule has 0 unspecified atom stereocenters. The van der Waals surface area contributed by atoms with Crippen LogP contribution >= 0.6 is 0 Å². The Kier molecular flexibility index (Phi) is 7.34. The van der Waals surface area contributed by atoms with Crippen LogP contribution in [0.25, 0.3) is 22.3 Å². The van der Waals surface area contributed by atoms with Gasteiger partial charge in [-0.25, -0.2) is 9.97 Å². The molecule has 0 spiro atoms. The first-order chi connectivity index (χ1) is 16.5. The number of H-pyrrole nitrogens is 1. The molecule has 9 nitrogen and oxygen atoms in total. The van der Waals surface area contributed by atoms with E-state index in [1.165, 1.54) is 0 Å². The van der Waals surface area contributed by atoms with Crippen LogP contribution in [0.3, 0.4) is 0 Å². The van der Waals surface area contributed by atoms with Gasteiger partial charge in [-0.05, 0) is 36.2 Å². The number of aromatic amines is 1. The Morgan fingerprint density at radius 2 is 1.97 bits per heavy atom. The van der Waals surface area contributed by atoms with E-state index in [1.807, 2.05) is 56.3 Å². The minimum absolute atomic E-state index is 0.0213. The maximum absolute atomic E-state index is 12.2. The van der Waals surface area contributed by atoms with Crippen molar-refractivity contribution in [2.24, 2.45) is 5.92 Å². The van der Waals surface area contributed by atoms with Gasteiger partial charge < -0.3 is 20.1 Å². The lowest BCUT2D eigenvalue weighted by Gasteiger charge is -2.14. The predicted molar refractivity (Wildman–Crippen MR) is 132 cm³/mol. The monoisotopic (exact) mass is 460 g/mol. The molecule has 2 heterocycles. The van der Waals surface area contributed by atoms with Crippen molar-refractivity contribution >= 4 is 34.0 Å². The smallest absolute Gasteiger partial charge is 0.224 e. The van der Waals surface area contributed by atoms with Crippen LogP contribution in [0.5, 0.6) is 5.75 Å². The van der Waals surface area contributed by atoms with Crippen LogP contribution in [-0.2, 0) is 9.53 Å². The van der Waals surface area contributed by atoms with Gasteiger partial charge in [0.05, 0.1) is 24.5 Å². The number of fused-ring (bicyclic) bond motifs is 1. The fourth-order valence-electron chi connectivity index (χ4n) is 3.42. The highest BCUT2D eigenvalue weighted by Crippen LogP contribution is 2.30. The van der Waals surface area contributed by atoms with Gasteiger partial charge in [0.2, 0.25) is 5.91 Å². The quantitative estimate of drug-likeness (QED) is 0.292. The van der Waals surface area contributed by atoms with Gasteiger partial charge in [-0.1, -0.05) is 26.0 Å². The number of methoxy groups -OCH3 is 1. The number of benzene rings is 2. The highest BCUT2D eigenvalue weighted by Gasteiger charge is 2.13. The summed E-state index contributed by atoms with van der Waals surface area (Å²) in [5.41, 5.74) is 3.26. The molecule has 4 aromatic rings. The highest BCUT2D eigenvalue weighted by molar-refractivity contribution is 5.91. The Balaban J connectivity index is 1.62. The van der Waals surface area contributed by atoms with Gasteiger partial charge in [0.1, 0.15) is 6.61 Å². The van der Waals surface area contributed by atoms with Crippen molar-refractivity contribution in [1.29, 1.82) is 0 Å². The van der Waals surface area contributed by atoms with Crippen LogP contribution in [-0.4, -0.2) is 46.4 Å². The first-order valence-corrected chi connectivity index (χ1v) is 11.1. The second-order valence-corrected chi connectivity index (χ2v) is 8.27. The van der Waals surface area contributed by atoms with Crippen LogP contribution < -0.4 is 15.4 Å². The Bertz CT molecular complexity index is 1270. The first kappa shape index (κ1) is 23.2. The van der Waals surface area contributed by atoms with E-state index < -0.39 is 0 Å². The van der Waals surface area contributed by atoms with Crippen molar-refractivity contribution in [3.8, 4) is 17.1 Å². The molecule has 1 amide bonds. The number of rotatable bonds is 10. The minimum Gasteiger partial charge on any atom is -0.486 e. The standard InChI is InChI=1S/C25H28N6O3/c1-16(2)11-23(32)28-19-6-4-5-17(12-19)24-26-15-22(34-10-9-33-3)25(30-24)29-20-7-8-21-18(13-20)14-27-31-21/h4-8,12-16H,9-11H2,1-3H3,(H,27,31)(H,28,32)(H,26,29,30). The molecule has 176 valence electrons. The van der Waals surface area contributed by atoms with E-state index in [-0.39, 0.29) is 11.8 Å². The lowest BCUT2D eigenvalue weighted by atomic mass is 10.1. The Morgan fingerprint density at radius 3 is 2.79 bits per heavy atom. The molecule has 34 heavy (non-hydrogen) atoms. The SMILES string of the molecule is COCCOc1cnc(-c2cccc(NC(=O)CC(C)C)c2)nc1Nc1ccc2[nH]ncc2c1. The first-order valence-electron chi connectivity index (χ1n) is 11.1. The van der Waals surface area contributed by atoms with Gasteiger partial charge in [0.15, 0.2) is 17.4 Å². The molecule has 4 rings (SSSR count). The molecule has 3 N–H and O–H groups in total. The van der Waals surface area contributed by atoms with Crippen molar-refractivity contribution in [2.45, 2.75) is 20.3 Å². The summed E-state index contributed by atoms with van der Waals surface area (Å²) in [7, 11) is 1.62. The number of aromatic nitrogens is 4. The fourth-order valence-corrected chi connectivity index (χ4v) is 3.42. The van der Waals surface area contributed by atoms with Gasteiger partial charge in [-0.2, -0.15) is 5.10 Å². The van der Waals surface area contributed by atoms with Gasteiger partial charge in [0, 0.05) is 35.9 Å². The lowest BCUT2D eigenvalue weighted by molar-refractivity contribution is -0.116. The zero-order valence-electron chi connectivity index (χ0n) is 19.5. The molecule has 2 aromatic carbocycles. The second-order valence-electron chi connectivity index (χ2n) is 8.27. The molecule has 2 aromatic heterocycles. The summed E-state index contributed by atoms with van der Waals surface area (Å²) in [6.45, 7) is 4.84. The number of carbonyl (C=O) groups excluding carboxylic acids is 1. The highest BCUT2D eigenvalue weighted by atomic mass is 16.5. The Labute approximate surface area is 197 Å². The van der Waals surface area contributed by atoms with E-state index in [1.54, 1.807) is 19.5 Å². The normalized spacial score (nSPS) is 11.1. The number of nitrogens with zero attached hydrogens (tertiary/aromatic N) is 3. The summed E-state index contributed by atoms with van der Waals surface area (Å²) in [4.78, 5) is 21.4. The topological polar surface area (TPSA) is 114 Å². The molecule has 0 saturated carbocycles. The van der Waals surface area contributed by atoms with Crippen molar-refractivity contribution in [3.05, 3.63) is 54.9 Å². The largest absolute Gasteiger partial charge is 0.486 e. The van der Waals surface area contributed by atoms with E-state index in [0.29, 0.717) is 42.7 Å². The summed E-state index contributed by atoms with van der Waals surface area (Å²) in [6, 6.07) is 13.3. The van der Waals surface area contributed by atoms with Crippen LogP contribution in [0.4, 0.5) is 17.2 Å². The summed E-state index contributed by atoms with van der Waals surface area (Å²) in [6.07, 6.45) is 3.87. The molecule has 0 atom stereocenters. The van der Waals surface area contributed by atoms with E-state index in [2.05, 4.69) is 25.8 Å². The molecule has 0 radical (unpaired) electrons.